The summed E-state index contributed by atoms with van der Waals surface area (Å²) in [6.45, 7) is 8.59. The van der Waals surface area contributed by atoms with E-state index < -0.39 is 0 Å². The first-order valence-corrected chi connectivity index (χ1v) is 7.48. The first-order chi connectivity index (χ1) is 9.63. The van der Waals surface area contributed by atoms with E-state index in [2.05, 4.69) is 55.2 Å². The number of nitrogens with one attached hydrogen (secondary N) is 1. The molecule has 1 aliphatic heterocycles. The van der Waals surface area contributed by atoms with Crippen molar-refractivity contribution in [3.63, 3.8) is 0 Å². The van der Waals surface area contributed by atoms with E-state index in [1.54, 1.807) is 0 Å². The van der Waals surface area contributed by atoms with E-state index in [0.717, 1.165) is 18.8 Å². The van der Waals surface area contributed by atoms with Gasteiger partial charge in [0.05, 0.1) is 11.7 Å². The fourth-order valence-electron chi connectivity index (χ4n) is 3.14. The topological polar surface area (TPSA) is 29.9 Å². The third-order valence-electron chi connectivity index (χ3n) is 4.09. The minimum atomic E-state index is 0.502. The normalized spacial score (nSPS) is 19.2. The third kappa shape index (κ3) is 2.63. The van der Waals surface area contributed by atoms with Crippen molar-refractivity contribution in [2.45, 2.75) is 39.7 Å². The maximum absolute atomic E-state index is 4.75. The molecule has 106 valence electrons. The molecule has 1 unspecified atom stereocenters. The summed E-state index contributed by atoms with van der Waals surface area (Å²) >= 11 is 0. The Hall–Kier alpha value is -1.61. The highest BCUT2D eigenvalue weighted by Crippen LogP contribution is 2.27. The van der Waals surface area contributed by atoms with Crippen molar-refractivity contribution < 1.29 is 0 Å². The van der Waals surface area contributed by atoms with E-state index in [4.69, 9.17) is 5.10 Å². The quantitative estimate of drug-likeness (QED) is 0.905. The smallest absolute Gasteiger partial charge is 0.0672 e. The Morgan fingerprint density at radius 2 is 1.90 bits per heavy atom. The van der Waals surface area contributed by atoms with E-state index in [1.165, 1.54) is 35.1 Å². The Bertz CT molecular complexity index is 586. The van der Waals surface area contributed by atoms with Crippen molar-refractivity contribution in [1.82, 2.24) is 15.1 Å². The number of benzene rings is 1. The van der Waals surface area contributed by atoms with Gasteiger partial charge in [-0.3, -0.25) is 4.68 Å². The molecule has 1 atom stereocenters. The number of aryl methyl sites for hydroxylation is 3. The van der Waals surface area contributed by atoms with Gasteiger partial charge >= 0.3 is 0 Å². The second-order valence-electron chi connectivity index (χ2n) is 5.98. The SMILES string of the molecule is Cc1cc(C)cc(-c2cn(C3CCCNC3)nc2C)c1. The van der Waals surface area contributed by atoms with Crippen LogP contribution in [-0.4, -0.2) is 22.9 Å². The van der Waals surface area contributed by atoms with Gasteiger partial charge in [-0.05, 0) is 45.7 Å². The van der Waals surface area contributed by atoms with Gasteiger partial charge in [0.25, 0.3) is 0 Å². The van der Waals surface area contributed by atoms with Crippen molar-refractivity contribution in [3.8, 4) is 11.1 Å². The van der Waals surface area contributed by atoms with Crippen molar-refractivity contribution in [3.05, 3.63) is 41.2 Å². The van der Waals surface area contributed by atoms with Crippen LogP contribution in [0, 0.1) is 20.8 Å². The van der Waals surface area contributed by atoms with E-state index in [1.807, 2.05) is 0 Å². The van der Waals surface area contributed by atoms with Crippen LogP contribution in [0.5, 0.6) is 0 Å². The van der Waals surface area contributed by atoms with Gasteiger partial charge in [0, 0.05) is 18.3 Å². The predicted octanol–water partition coefficient (Wildman–Crippen LogP) is 3.40. The fourth-order valence-corrected chi connectivity index (χ4v) is 3.14. The monoisotopic (exact) mass is 269 g/mol. The molecule has 0 aliphatic carbocycles. The molecule has 1 aliphatic rings. The molecular weight excluding hydrogens is 246 g/mol. The van der Waals surface area contributed by atoms with Crippen molar-refractivity contribution >= 4 is 0 Å². The lowest BCUT2D eigenvalue weighted by Gasteiger charge is -2.22. The van der Waals surface area contributed by atoms with Gasteiger partial charge in [-0.25, -0.2) is 0 Å². The molecule has 0 bridgehead atoms. The summed E-state index contributed by atoms with van der Waals surface area (Å²) in [5.41, 5.74) is 6.30. The Morgan fingerprint density at radius 1 is 1.15 bits per heavy atom. The summed E-state index contributed by atoms with van der Waals surface area (Å²) in [6.07, 6.45) is 4.68. The molecule has 0 radical (unpaired) electrons. The molecule has 3 rings (SSSR count). The maximum Gasteiger partial charge on any atom is 0.0672 e. The van der Waals surface area contributed by atoms with Gasteiger partial charge in [0.1, 0.15) is 0 Å². The highest BCUT2D eigenvalue weighted by Gasteiger charge is 2.17. The minimum Gasteiger partial charge on any atom is -0.315 e. The van der Waals surface area contributed by atoms with Gasteiger partial charge in [-0.15, -0.1) is 0 Å². The zero-order chi connectivity index (χ0) is 14.1. The zero-order valence-corrected chi connectivity index (χ0v) is 12.6. The van der Waals surface area contributed by atoms with Crippen LogP contribution in [0.3, 0.4) is 0 Å². The van der Waals surface area contributed by atoms with Crippen LogP contribution in [0.2, 0.25) is 0 Å². The molecule has 1 fully saturated rings. The molecule has 20 heavy (non-hydrogen) atoms. The molecule has 1 aromatic heterocycles. The minimum absolute atomic E-state index is 0.502. The number of piperidine rings is 1. The molecule has 0 amide bonds. The van der Waals surface area contributed by atoms with Gasteiger partial charge in [0.15, 0.2) is 0 Å². The van der Waals surface area contributed by atoms with Crippen LogP contribution in [0.1, 0.15) is 35.7 Å². The summed E-state index contributed by atoms with van der Waals surface area (Å²) in [6, 6.07) is 7.22. The zero-order valence-electron chi connectivity index (χ0n) is 12.6. The molecule has 2 heterocycles. The predicted molar refractivity (Wildman–Crippen MR) is 83.0 cm³/mol. The highest BCUT2D eigenvalue weighted by atomic mass is 15.3. The Balaban J connectivity index is 1.95. The largest absolute Gasteiger partial charge is 0.315 e. The van der Waals surface area contributed by atoms with Crippen LogP contribution in [0.15, 0.2) is 24.4 Å². The number of nitrogens with zero attached hydrogens (tertiary/aromatic N) is 2. The second-order valence-corrected chi connectivity index (χ2v) is 5.98. The molecule has 1 aromatic carbocycles. The maximum atomic E-state index is 4.75. The molecular formula is C17H23N3. The molecule has 0 spiro atoms. The van der Waals surface area contributed by atoms with Crippen LogP contribution >= 0.6 is 0 Å². The summed E-state index contributed by atoms with van der Waals surface area (Å²) in [4.78, 5) is 0. The summed E-state index contributed by atoms with van der Waals surface area (Å²) in [7, 11) is 0. The summed E-state index contributed by atoms with van der Waals surface area (Å²) in [5, 5.41) is 8.21. The van der Waals surface area contributed by atoms with E-state index >= 15 is 0 Å². The number of rotatable bonds is 2. The molecule has 2 aromatic rings. The Labute approximate surface area is 121 Å². The lowest BCUT2D eigenvalue weighted by atomic mass is 10.0. The van der Waals surface area contributed by atoms with Gasteiger partial charge in [0.2, 0.25) is 0 Å². The molecule has 1 saturated heterocycles. The number of hydrogen-bond donors (Lipinski definition) is 1. The molecule has 3 nitrogen and oxygen atoms in total. The van der Waals surface area contributed by atoms with E-state index in [9.17, 15) is 0 Å². The standard InChI is InChI=1S/C17H23N3/c1-12-7-13(2)9-15(8-12)17-11-20(19-14(17)3)16-5-4-6-18-10-16/h7-9,11,16,18H,4-6,10H2,1-3H3. The third-order valence-corrected chi connectivity index (χ3v) is 4.09. The number of aromatic nitrogens is 2. The lowest BCUT2D eigenvalue weighted by molar-refractivity contribution is 0.346. The van der Waals surface area contributed by atoms with Gasteiger partial charge in [-0.1, -0.05) is 29.3 Å². The van der Waals surface area contributed by atoms with Crippen molar-refractivity contribution in [2.75, 3.05) is 13.1 Å². The van der Waals surface area contributed by atoms with Crippen molar-refractivity contribution in [1.29, 1.82) is 0 Å². The van der Waals surface area contributed by atoms with Crippen LogP contribution in [0.25, 0.3) is 11.1 Å². The average molecular weight is 269 g/mol. The molecule has 3 heteroatoms. The van der Waals surface area contributed by atoms with E-state index in [0.29, 0.717) is 6.04 Å². The highest BCUT2D eigenvalue weighted by molar-refractivity contribution is 5.66. The van der Waals surface area contributed by atoms with Crippen LogP contribution in [0.4, 0.5) is 0 Å². The first kappa shape index (κ1) is 13.4. The first-order valence-electron chi connectivity index (χ1n) is 7.48. The van der Waals surface area contributed by atoms with Crippen molar-refractivity contribution in [2.24, 2.45) is 0 Å². The summed E-state index contributed by atoms with van der Waals surface area (Å²) in [5.74, 6) is 0. The van der Waals surface area contributed by atoms with Gasteiger partial charge < -0.3 is 5.32 Å². The molecule has 0 saturated carbocycles. The lowest BCUT2D eigenvalue weighted by Crippen LogP contribution is -2.31. The Kier molecular flexibility index (Phi) is 3.62. The molecule has 1 N–H and O–H groups in total. The number of hydrogen-bond acceptors (Lipinski definition) is 2. The second kappa shape index (κ2) is 5.41. The summed E-state index contributed by atoms with van der Waals surface area (Å²) < 4.78 is 2.16. The fraction of sp³-hybridized carbons (Fsp3) is 0.471. The van der Waals surface area contributed by atoms with Gasteiger partial charge in [-0.2, -0.15) is 5.10 Å². The van der Waals surface area contributed by atoms with Crippen LogP contribution < -0.4 is 5.32 Å². The average Bonchev–Trinajstić information content (AvgIpc) is 2.81. The van der Waals surface area contributed by atoms with E-state index in [-0.39, 0.29) is 0 Å². The van der Waals surface area contributed by atoms with Crippen LogP contribution in [-0.2, 0) is 0 Å². The Morgan fingerprint density at radius 3 is 2.55 bits per heavy atom.